The third kappa shape index (κ3) is 4.99. The summed E-state index contributed by atoms with van der Waals surface area (Å²) in [5.74, 6) is 0. The van der Waals surface area contributed by atoms with E-state index < -0.39 is 0 Å². The van der Waals surface area contributed by atoms with E-state index in [1.807, 2.05) is 6.07 Å². The molecule has 3 N–H and O–H groups in total. The summed E-state index contributed by atoms with van der Waals surface area (Å²) >= 11 is 0. The highest BCUT2D eigenvalue weighted by atomic mass is 16.2. The van der Waals surface area contributed by atoms with E-state index in [0.717, 1.165) is 31.6 Å². The Morgan fingerprint density at radius 3 is 2.86 bits per heavy atom. The Kier molecular flexibility index (Phi) is 6.02. The first-order valence-electron chi connectivity index (χ1n) is 5.23. The zero-order valence-electron chi connectivity index (χ0n) is 8.50. The molecule has 0 aromatic carbocycles. The van der Waals surface area contributed by atoms with Crippen LogP contribution in [-0.4, -0.2) is 28.5 Å². The van der Waals surface area contributed by atoms with Gasteiger partial charge in [-0.15, -0.1) is 0 Å². The summed E-state index contributed by atoms with van der Waals surface area (Å²) in [4.78, 5) is 0. The summed E-state index contributed by atoms with van der Waals surface area (Å²) in [5.41, 5.74) is 1.13. The lowest BCUT2D eigenvalue weighted by Crippen LogP contribution is -2.14. The predicted molar refractivity (Wildman–Crippen MR) is 55.8 cm³/mol. The number of hydrogen-bond acceptors (Lipinski definition) is 3. The van der Waals surface area contributed by atoms with Crippen molar-refractivity contribution < 1.29 is 5.11 Å². The molecule has 4 heteroatoms. The summed E-state index contributed by atoms with van der Waals surface area (Å²) in [6, 6.07) is 1.97. The van der Waals surface area contributed by atoms with Gasteiger partial charge in [0.25, 0.3) is 0 Å². The van der Waals surface area contributed by atoms with E-state index in [1.54, 1.807) is 6.20 Å². The quantitative estimate of drug-likeness (QED) is 0.546. The SMILES string of the molecule is OCCCCCCNCc1ccn[nH]1. The van der Waals surface area contributed by atoms with Gasteiger partial charge in [0.15, 0.2) is 0 Å². The zero-order chi connectivity index (χ0) is 10.1. The summed E-state index contributed by atoms with van der Waals surface area (Å²) < 4.78 is 0. The fraction of sp³-hybridized carbons (Fsp3) is 0.700. The van der Waals surface area contributed by atoms with Gasteiger partial charge in [-0.2, -0.15) is 5.10 Å². The Labute approximate surface area is 84.7 Å². The van der Waals surface area contributed by atoms with Crippen LogP contribution in [0.5, 0.6) is 0 Å². The number of rotatable bonds is 8. The van der Waals surface area contributed by atoms with Crippen LogP contribution in [0.2, 0.25) is 0 Å². The van der Waals surface area contributed by atoms with Crippen molar-refractivity contribution in [3.63, 3.8) is 0 Å². The highest BCUT2D eigenvalue weighted by Crippen LogP contribution is 1.98. The summed E-state index contributed by atoms with van der Waals surface area (Å²) in [6.07, 6.45) is 6.19. The molecular formula is C10H19N3O. The minimum atomic E-state index is 0.321. The van der Waals surface area contributed by atoms with Gasteiger partial charge in [-0.1, -0.05) is 12.8 Å². The highest BCUT2D eigenvalue weighted by Gasteiger charge is 1.92. The lowest BCUT2D eigenvalue weighted by molar-refractivity contribution is 0.282. The third-order valence-corrected chi connectivity index (χ3v) is 2.14. The molecule has 0 saturated carbocycles. The van der Waals surface area contributed by atoms with Crippen molar-refractivity contribution in [3.8, 4) is 0 Å². The summed E-state index contributed by atoms with van der Waals surface area (Å²) in [7, 11) is 0. The van der Waals surface area contributed by atoms with Gasteiger partial charge in [0, 0.05) is 25.0 Å². The second-order valence-corrected chi connectivity index (χ2v) is 3.40. The maximum atomic E-state index is 8.57. The van der Waals surface area contributed by atoms with Crippen molar-refractivity contribution in [2.45, 2.75) is 32.2 Å². The molecule has 0 bridgehead atoms. The zero-order valence-corrected chi connectivity index (χ0v) is 8.50. The number of nitrogens with one attached hydrogen (secondary N) is 2. The Balaban J connectivity index is 1.85. The lowest BCUT2D eigenvalue weighted by atomic mass is 10.2. The van der Waals surface area contributed by atoms with E-state index in [2.05, 4.69) is 15.5 Å². The number of nitrogens with zero attached hydrogens (tertiary/aromatic N) is 1. The minimum Gasteiger partial charge on any atom is -0.396 e. The first kappa shape index (κ1) is 11.2. The van der Waals surface area contributed by atoms with Crippen molar-refractivity contribution in [2.24, 2.45) is 0 Å². The summed E-state index contributed by atoms with van der Waals surface area (Å²) in [5, 5.41) is 18.7. The van der Waals surface area contributed by atoms with Gasteiger partial charge in [-0.05, 0) is 25.5 Å². The molecule has 0 spiro atoms. The van der Waals surface area contributed by atoms with E-state index >= 15 is 0 Å². The first-order valence-corrected chi connectivity index (χ1v) is 5.23. The standard InChI is InChI=1S/C10H19N3O/c14-8-4-2-1-3-6-11-9-10-5-7-12-13-10/h5,7,11,14H,1-4,6,8-9H2,(H,12,13). The highest BCUT2D eigenvalue weighted by molar-refractivity contribution is 4.96. The molecule has 0 saturated heterocycles. The molecule has 0 unspecified atom stereocenters. The molecule has 0 fully saturated rings. The number of unbranched alkanes of at least 4 members (excludes halogenated alkanes) is 3. The van der Waals surface area contributed by atoms with Crippen molar-refractivity contribution in [2.75, 3.05) is 13.2 Å². The van der Waals surface area contributed by atoms with E-state index in [4.69, 9.17) is 5.11 Å². The largest absolute Gasteiger partial charge is 0.396 e. The maximum absolute atomic E-state index is 8.57. The number of aliphatic hydroxyl groups is 1. The molecule has 1 aromatic heterocycles. The molecule has 0 aliphatic rings. The molecule has 0 atom stereocenters. The van der Waals surface area contributed by atoms with Crippen LogP contribution in [-0.2, 0) is 6.54 Å². The van der Waals surface area contributed by atoms with Crippen LogP contribution in [0.3, 0.4) is 0 Å². The van der Waals surface area contributed by atoms with Gasteiger partial charge in [-0.3, -0.25) is 5.10 Å². The summed E-state index contributed by atoms with van der Waals surface area (Å²) in [6.45, 7) is 2.21. The van der Waals surface area contributed by atoms with Crippen LogP contribution in [0.15, 0.2) is 12.3 Å². The second-order valence-electron chi connectivity index (χ2n) is 3.40. The van der Waals surface area contributed by atoms with Crippen LogP contribution in [0.1, 0.15) is 31.4 Å². The average molecular weight is 197 g/mol. The second kappa shape index (κ2) is 7.53. The number of H-pyrrole nitrogens is 1. The Hall–Kier alpha value is -0.870. The molecule has 0 aliphatic carbocycles. The monoisotopic (exact) mass is 197 g/mol. The predicted octanol–water partition coefficient (Wildman–Crippen LogP) is 1.05. The molecule has 1 heterocycles. The molecule has 0 radical (unpaired) electrons. The third-order valence-electron chi connectivity index (χ3n) is 2.14. The topological polar surface area (TPSA) is 60.9 Å². The maximum Gasteiger partial charge on any atom is 0.0490 e. The number of aliphatic hydroxyl groups excluding tert-OH is 1. The van der Waals surface area contributed by atoms with E-state index in [0.29, 0.717) is 6.61 Å². The van der Waals surface area contributed by atoms with E-state index in [1.165, 1.54) is 12.8 Å². The van der Waals surface area contributed by atoms with Crippen LogP contribution < -0.4 is 5.32 Å². The van der Waals surface area contributed by atoms with Gasteiger partial charge in [0.2, 0.25) is 0 Å². The van der Waals surface area contributed by atoms with Crippen molar-refractivity contribution >= 4 is 0 Å². The van der Waals surface area contributed by atoms with E-state index in [9.17, 15) is 0 Å². The molecule has 1 rings (SSSR count). The van der Waals surface area contributed by atoms with Gasteiger partial charge in [-0.25, -0.2) is 0 Å². The van der Waals surface area contributed by atoms with Crippen molar-refractivity contribution in [3.05, 3.63) is 18.0 Å². The molecular weight excluding hydrogens is 178 g/mol. The van der Waals surface area contributed by atoms with Crippen molar-refractivity contribution in [1.29, 1.82) is 0 Å². The Bertz CT molecular complexity index is 211. The van der Waals surface area contributed by atoms with Crippen molar-refractivity contribution in [1.82, 2.24) is 15.5 Å². The average Bonchev–Trinajstić information content (AvgIpc) is 2.69. The van der Waals surface area contributed by atoms with Gasteiger partial charge >= 0.3 is 0 Å². The first-order chi connectivity index (χ1) is 6.93. The number of hydrogen-bond donors (Lipinski definition) is 3. The number of aromatic nitrogens is 2. The van der Waals surface area contributed by atoms with Crippen LogP contribution >= 0.6 is 0 Å². The molecule has 14 heavy (non-hydrogen) atoms. The fourth-order valence-electron chi connectivity index (χ4n) is 1.32. The molecule has 0 aliphatic heterocycles. The Morgan fingerprint density at radius 2 is 2.14 bits per heavy atom. The smallest absolute Gasteiger partial charge is 0.0490 e. The van der Waals surface area contributed by atoms with Crippen LogP contribution in [0.25, 0.3) is 0 Å². The normalized spacial score (nSPS) is 10.6. The minimum absolute atomic E-state index is 0.321. The number of aromatic amines is 1. The molecule has 0 amide bonds. The lowest BCUT2D eigenvalue weighted by Gasteiger charge is -2.02. The van der Waals surface area contributed by atoms with Gasteiger partial charge in [0.1, 0.15) is 0 Å². The molecule has 4 nitrogen and oxygen atoms in total. The van der Waals surface area contributed by atoms with E-state index in [-0.39, 0.29) is 0 Å². The Morgan fingerprint density at radius 1 is 1.29 bits per heavy atom. The van der Waals surface area contributed by atoms with Crippen LogP contribution in [0, 0.1) is 0 Å². The molecule has 80 valence electrons. The van der Waals surface area contributed by atoms with Gasteiger partial charge < -0.3 is 10.4 Å². The molecule has 1 aromatic rings. The van der Waals surface area contributed by atoms with Crippen LogP contribution in [0.4, 0.5) is 0 Å². The fourth-order valence-corrected chi connectivity index (χ4v) is 1.32. The van der Waals surface area contributed by atoms with Gasteiger partial charge in [0.05, 0.1) is 0 Å².